The van der Waals surface area contributed by atoms with Gasteiger partial charge in [0.05, 0.1) is 6.61 Å². The first-order valence-electron chi connectivity index (χ1n) is 4.92. The molecule has 0 bridgehead atoms. The molecule has 1 aliphatic heterocycles. The lowest BCUT2D eigenvalue weighted by Gasteiger charge is -2.04. The predicted octanol–water partition coefficient (Wildman–Crippen LogP) is 2.00. The van der Waals surface area contributed by atoms with E-state index < -0.39 is 0 Å². The quantitative estimate of drug-likeness (QED) is 0.798. The summed E-state index contributed by atoms with van der Waals surface area (Å²) < 4.78 is 23.9. The number of rotatable bonds is 1. The van der Waals surface area contributed by atoms with Crippen molar-refractivity contribution in [2.24, 2.45) is 0 Å². The number of hydrogen-bond donors (Lipinski definition) is 1. The maximum Gasteiger partial charge on any atom is 0.222 e. The molecule has 2 N–H and O–H groups in total. The van der Waals surface area contributed by atoms with Crippen molar-refractivity contribution in [3.05, 3.63) is 29.6 Å². The number of nitrogens with zero attached hydrogens (tertiary/aromatic N) is 1. The maximum atomic E-state index is 13.8. The van der Waals surface area contributed by atoms with Crippen LogP contribution >= 0.6 is 0 Å². The van der Waals surface area contributed by atoms with Gasteiger partial charge in [0.25, 0.3) is 0 Å². The standard InChI is InChI=1S/C11H9FN2O2/c12-7-1-2-9-6(3-4-15-9)11(7)8-5-10(13)16-14-8/h1-2,5H,3-4,13H2. The Balaban J connectivity index is 2.23. The molecule has 2 heterocycles. The first-order chi connectivity index (χ1) is 7.75. The Kier molecular flexibility index (Phi) is 1.86. The molecule has 0 saturated carbocycles. The third-order valence-corrected chi connectivity index (χ3v) is 2.61. The van der Waals surface area contributed by atoms with Gasteiger partial charge in [0.15, 0.2) is 0 Å². The van der Waals surface area contributed by atoms with Crippen molar-refractivity contribution in [2.45, 2.75) is 6.42 Å². The van der Waals surface area contributed by atoms with Gasteiger partial charge in [-0.25, -0.2) is 4.39 Å². The van der Waals surface area contributed by atoms with Crippen molar-refractivity contribution < 1.29 is 13.7 Å². The lowest BCUT2D eigenvalue weighted by Crippen LogP contribution is -1.91. The minimum absolute atomic E-state index is 0.172. The van der Waals surface area contributed by atoms with Crippen LogP contribution in [0.25, 0.3) is 11.3 Å². The van der Waals surface area contributed by atoms with Crippen molar-refractivity contribution in [1.29, 1.82) is 0 Å². The van der Waals surface area contributed by atoms with E-state index in [1.165, 1.54) is 12.1 Å². The monoisotopic (exact) mass is 220 g/mol. The molecule has 0 amide bonds. The molecule has 0 fully saturated rings. The first kappa shape index (κ1) is 9.21. The summed E-state index contributed by atoms with van der Waals surface area (Å²) in [5.74, 6) is 0.543. The molecule has 0 aliphatic carbocycles. The van der Waals surface area contributed by atoms with Gasteiger partial charge in [0.2, 0.25) is 5.88 Å². The highest BCUT2D eigenvalue weighted by molar-refractivity contribution is 5.69. The number of nitrogens with two attached hydrogens (primary N) is 1. The van der Waals surface area contributed by atoms with Gasteiger partial charge in [-0.1, -0.05) is 5.16 Å². The molecule has 82 valence electrons. The van der Waals surface area contributed by atoms with E-state index in [-0.39, 0.29) is 11.7 Å². The summed E-state index contributed by atoms with van der Waals surface area (Å²) in [7, 11) is 0. The van der Waals surface area contributed by atoms with E-state index >= 15 is 0 Å². The smallest absolute Gasteiger partial charge is 0.222 e. The van der Waals surface area contributed by atoms with Gasteiger partial charge < -0.3 is 15.0 Å². The van der Waals surface area contributed by atoms with Crippen molar-refractivity contribution in [1.82, 2.24) is 5.16 Å². The van der Waals surface area contributed by atoms with Crippen molar-refractivity contribution >= 4 is 5.88 Å². The third kappa shape index (κ3) is 1.25. The summed E-state index contributed by atoms with van der Waals surface area (Å²) in [6.07, 6.45) is 0.676. The second-order valence-corrected chi connectivity index (χ2v) is 3.61. The summed E-state index contributed by atoms with van der Waals surface area (Å²) in [6, 6.07) is 4.51. The van der Waals surface area contributed by atoms with E-state index in [9.17, 15) is 4.39 Å². The van der Waals surface area contributed by atoms with E-state index in [4.69, 9.17) is 15.0 Å². The molecule has 1 aromatic carbocycles. The second-order valence-electron chi connectivity index (χ2n) is 3.61. The molecular weight excluding hydrogens is 211 g/mol. The lowest BCUT2D eigenvalue weighted by molar-refractivity contribution is 0.356. The molecule has 1 aliphatic rings. The number of fused-ring (bicyclic) bond motifs is 1. The Bertz CT molecular complexity index is 551. The van der Waals surface area contributed by atoms with E-state index in [0.29, 0.717) is 30.0 Å². The molecule has 5 heteroatoms. The maximum absolute atomic E-state index is 13.8. The highest BCUT2D eigenvalue weighted by atomic mass is 19.1. The van der Waals surface area contributed by atoms with Crippen LogP contribution in [0.15, 0.2) is 22.7 Å². The molecular formula is C11H9FN2O2. The van der Waals surface area contributed by atoms with Crippen LogP contribution < -0.4 is 10.5 Å². The molecule has 0 radical (unpaired) electrons. The third-order valence-electron chi connectivity index (χ3n) is 2.61. The number of benzene rings is 1. The fraction of sp³-hybridized carbons (Fsp3) is 0.182. The van der Waals surface area contributed by atoms with Crippen LogP contribution in [0, 0.1) is 5.82 Å². The molecule has 0 saturated heterocycles. The summed E-state index contributed by atoms with van der Waals surface area (Å²) in [5, 5.41) is 3.73. The van der Waals surface area contributed by atoms with Gasteiger partial charge in [-0.3, -0.25) is 0 Å². The Hall–Kier alpha value is -2.04. The number of hydrogen-bond acceptors (Lipinski definition) is 4. The van der Waals surface area contributed by atoms with Crippen molar-refractivity contribution in [2.75, 3.05) is 12.3 Å². The average Bonchev–Trinajstić information content (AvgIpc) is 2.86. The normalized spacial score (nSPS) is 13.6. The zero-order chi connectivity index (χ0) is 11.1. The summed E-state index contributed by atoms with van der Waals surface area (Å²) in [5.41, 5.74) is 7.10. The van der Waals surface area contributed by atoms with Crippen LogP contribution in [-0.2, 0) is 6.42 Å². The van der Waals surface area contributed by atoms with Gasteiger partial charge in [-0.15, -0.1) is 0 Å². The molecule has 0 atom stereocenters. The summed E-state index contributed by atoms with van der Waals surface area (Å²) in [4.78, 5) is 0. The molecule has 16 heavy (non-hydrogen) atoms. The van der Waals surface area contributed by atoms with Gasteiger partial charge in [-0.2, -0.15) is 0 Å². The van der Waals surface area contributed by atoms with Crippen LogP contribution in [0.1, 0.15) is 5.56 Å². The van der Waals surface area contributed by atoms with Crippen LogP contribution in [0.4, 0.5) is 10.3 Å². The summed E-state index contributed by atoms with van der Waals surface area (Å²) in [6.45, 7) is 0.569. The van der Waals surface area contributed by atoms with Crippen LogP contribution in [0.5, 0.6) is 5.75 Å². The number of nitrogen functional groups attached to an aromatic ring is 1. The Morgan fingerprint density at radius 2 is 2.25 bits per heavy atom. The Morgan fingerprint density at radius 1 is 1.38 bits per heavy atom. The molecule has 0 unspecified atom stereocenters. The SMILES string of the molecule is Nc1cc(-c2c(F)ccc3c2CCO3)no1. The van der Waals surface area contributed by atoms with E-state index in [1.54, 1.807) is 6.07 Å². The zero-order valence-corrected chi connectivity index (χ0v) is 8.37. The fourth-order valence-electron chi connectivity index (χ4n) is 1.93. The number of anilines is 1. The zero-order valence-electron chi connectivity index (χ0n) is 8.37. The number of halogens is 1. The summed E-state index contributed by atoms with van der Waals surface area (Å²) >= 11 is 0. The molecule has 2 aromatic rings. The lowest BCUT2D eigenvalue weighted by atomic mass is 10.0. The van der Waals surface area contributed by atoms with Crippen LogP contribution in [0.2, 0.25) is 0 Å². The Morgan fingerprint density at radius 3 is 3.00 bits per heavy atom. The van der Waals surface area contributed by atoms with Crippen LogP contribution in [-0.4, -0.2) is 11.8 Å². The van der Waals surface area contributed by atoms with Gasteiger partial charge >= 0.3 is 0 Å². The molecule has 1 aromatic heterocycles. The topological polar surface area (TPSA) is 61.3 Å². The highest BCUT2D eigenvalue weighted by Gasteiger charge is 2.22. The van der Waals surface area contributed by atoms with E-state index in [1.807, 2.05) is 0 Å². The molecule has 4 nitrogen and oxygen atoms in total. The predicted molar refractivity (Wildman–Crippen MR) is 55.5 cm³/mol. The Labute approximate surface area is 90.8 Å². The number of ether oxygens (including phenoxy) is 1. The minimum Gasteiger partial charge on any atom is -0.493 e. The highest BCUT2D eigenvalue weighted by Crippen LogP contribution is 2.36. The van der Waals surface area contributed by atoms with E-state index in [0.717, 1.165) is 5.56 Å². The second kappa shape index (κ2) is 3.23. The molecule has 0 spiro atoms. The van der Waals surface area contributed by atoms with Crippen molar-refractivity contribution in [3.63, 3.8) is 0 Å². The van der Waals surface area contributed by atoms with Crippen LogP contribution in [0.3, 0.4) is 0 Å². The van der Waals surface area contributed by atoms with Gasteiger partial charge in [0.1, 0.15) is 17.3 Å². The molecule has 3 rings (SSSR count). The first-order valence-corrected chi connectivity index (χ1v) is 4.92. The minimum atomic E-state index is -0.336. The van der Waals surface area contributed by atoms with Gasteiger partial charge in [0, 0.05) is 23.6 Å². The van der Waals surface area contributed by atoms with Crippen molar-refractivity contribution in [3.8, 4) is 17.0 Å². The number of aromatic nitrogens is 1. The van der Waals surface area contributed by atoms with E-state index in [2.05, 4.69) is 5.16 Å². The largest absolute Gasteiger partial charge is 0.493 e. The average molecular weight is 220 g/mol. The van der Waals surface area contributed by atoms with Gasteiger partial charge in [-0.05, 0) is 12.1 Å². The fourth-order valence-corrected chi connectivity index (χ4v) is 1.93.